The van der Waals surface area contributed by atoms with Gasteiger partial charge in [0.2, 0.25) is 0 Å². The third-order valence-electron chi connectivity index (χ3n) is 7.44. The average Bonchev–Trinajstić information content (AvgIpc) is 2.73. The summed E-state index contributed by atoms with van der Waals surface area (Å²) in [5, 5.41) is 29.0. The summed E-state index contributed by atoms with van der Waals surface area (Å²) in [5.41, 5.74) is -1.58. The summed E-state index contributed by atoms with van der Waals surface area (Å²) in [4.78, 5) is 8.83. The van der Waals surface area contributed by atoms with Crippen LogP contribution in [0.15, 0.2) is 6.33 Å². The zero-order valence-corrected chi connectivity index (χ0v) is 19.8. The molecule has 2 aliphatic rings. The Labute approximate surface area is 186 Å². The van der Waals surface area contributed by atoms with Crippen molar-refractivity contribution in [3.05, 3.63) is 11.9 Å². The van der Waals surface area contributed by atoms with Gasteiger partial charge in [-0.2, -0.15) is 0 Å². The number of hydrogen-bond acceptors (Lipinski definition) is 8. The summed E-state index contributed by atoms with van der Waals surface area (Å²) in [5.74, 6) is 1.48. The quantitative estimate of drug-likeness (QED) is 0.493. The van der Waals surface area contributed by atoms with Crippen molar-refractivity contribution >= 4 is 11.6 Å². The monoisotopic (exact) mass is 436 g/mol. The summed E-state index contributed by atoms with van der Waals surface area (Å²) in [7, 11) is 0. The van der Waals surface area contributed by atoms with Gasteiger partial charge in [0, 0.05) is 42.7 Å². The fourth-order valence-corrected chi connectivity index (χ4v) is 4.37. The van der Waals surface area contributed by atoms with E-state index in [9.17, 15) is 10.2 Å². The average molecular weight is 437 g/mol. The van der Waals surface area contributed by atoms with E-state index in [1.54, 1.807) is 0 Å². The lowest BCUT2D eigenvalue weighted by Crippen LogP contribution is -2.54. The molecule has 8 heteroatoms. The summed E-state index contributed by atoms with van der Waals surface area (Å²) in [6.45, 7) is 13.5. The van der Waals surface area contributed by atoms with Crippen molar-refractivity contribution < 1.29 is 19.7 Å². The molecule has 1 aromatic rings. The Bertz CT molecular complexity index is 683. The number of rotatable bonds is 8. The van der Waals surface area contributed by atoms with Gasteiger partial charge in [0.05, 0.1) is 24.4 Å². The zero-order chi connectivity index (χ0) is 22.8. The molecule has 0 saturated carbocycles. The number of ether oxygens (including phenoxy) is 2. The van der Waals surface area contributed by atoms with E-state index < -0.39 is 11.2 Å². The first kappa shape index (κ1) is 24.2. The molecule has 0 spiro atoms. The van der Waals surface area contributed by atoms with Crippen molar-refractivity contribution in [2.45, 2.75) is 71.5 Å². The van der Waals surface area contributed by atoms with Crippen LogP contribution in [-0.2, 0) is 9.47 Å². The lowest BCUT2D eigenvalue weighted by atomic mass is 9.72. The maximum Gasteiger partial charge on any atom is 0.134 e. The van der Waals surface area contributed by atoms with Crippen LogP contribution >= 0.6 is 0 Å². The third kappa shape index (κ3) is 5.13. The van der Waals surface area contributed by atoms with Gasteiger partial charge in [0.25, 0.3) is 0 Å². The SMILES string of the molecule is Cc1c(NCC(C)(C)C2(O)CCCOC2)ncnc1NCC(C)(C)C1(O)CCCOC1. The second kappa shape index (κ2) is 9.17. The second-order valence-corrected chi connectivity index (χ2v) is 10.5. The molecule has 1 aromatic heterocycles. The van der Waals surface area contributed by atoms with Gasteiger partial charge < -0.3 is 30.3 Å². The maximum absolute atomic E-state index is 11.1. The van der Waals surface area contributed by atoms with Gasteiger partial charge in [-0.15, -0.1) is 0 Å². The fraction of sp³-hybridized carbons (Fsp3) is 0.826. The molecule has 0 aromatic carbocycles. The summed E-state index contributed by atoms with van der Waals surface area (Å²) >= 11 is 0. The number of nitrogens with one attached hydrogen (secondary N) is 2. The van der Waals surface area contributed by atoms with E-state index in [-0.39, 0.29) is 10.8 Å². The van der Waals surface area contributed by atoms with Crippen molar-refractivity contribution in [3.63, 3.8) is 0 Å². The highest BCUT2D eigenvalue weighted by atomic mass is 16.5. The second-order valence-electron chi connectivity index (χ2n) is 10.5. The maximum atomic E-state index is 11.1. The molecule has 0 radical (unpaired) electrons. The van der Waals surface area contributed by atoms with E-state index in [0.717, 1.165) is 42.9 Å². The summed E-state index contributed by atoms with van der Waals surface area (Å²) in [6, 6.07) is 0. The standard InChI is InChI=1S/C23H40N4O4/c1-17-18(24-12-20(2,3)22(28)8-6-10-30-14-22)26-16-27-19(17)25-13-21(4,5)23(29)9-7-11-31-15-23/h16,28-29H,6-15H2,1-5H3,(H2,24,25,26,27). The van der Waals surface area contributed by atoms with Crippen LogP contribution in [-0.4, -0.2) is 70.9 Å². The predicted octanol–water partition coefficient (Wildman–Crippen LogP) is 2.74. The molecule has 2 unspecified atom stereocenters. The highest BCUT2D eigenvalue weighted by Gasteiger charge is 2.46. The molecule has 0 aliphatic carbocycles. The molecule has 0 bridgehead atoms. The molecular weight excluding hydrogens is 396 g/mol. The van der Waals surface area contributed by atoms with E-state index in [2.05, 4.69) is 48.3 Å². The molecule has 3 heterocycles. The van der Waals surface area contributed by atoms with Gasteiger partial charge in [0.1, 0.15) is 18.0 Å². The van der Waals surface area contributed by atoms with Crippen LogP contribution in [0.1, 0.15) is 58.9 Å². The van der Waals surface area contributed by atoms with E-state index in [4.69, 9.17) is 9.47 Å². The van der Waals surface area contributed by atoms with Crippen LogP contribution in [0.2, 0.25) is 0 Å². The normalized spacial score (nSPS) is 27.7. The molecule has 176 valence electrons. The van der Waals surface area contributed by atoms with E-state index in [0.29, 0.717) is 39.5 Å². The van der Waals surface area contributed by atoms with E-state index in [1.165, 1.54) is 6.33 Å². The number of aliphatic hydroxyl groups is 2. The Kier molecular flexibility index (Phi) is 7.15. The Morgan fingerprint density at radius 3 is 1.65 bits per heavy atom. The van der Waals surface area contributed by atoms with E-state index >= 15 is 0 Å². The molecule has 2 atom stereocenters. The van der Waals surface area contributed by atoms with Crippen molar-refractivity contribution in [3.8, 4) is 0 Å². The minimum absolute atomic E-state index is 0.360. The zero-order valence-electron chi connectivity index (χ0n) is 19.8. The Balaban J connectivity index is 1.64. The molecule has 3 rings (SSSR count). The van der Waals surface area contributed by atoms with Crippen LogP contribution in [0, 0.1) is 17.8 Å². The van der Waals surface area contributed by atoms with Crippen LogP contribution in [0.3, 0.4) is 0 Å². The van der Waals surface area contributed by atoms with Gasteiger partial charge in [0.15, 0.2) is 0 Å². The highest BCUT2D eigenvalue weighted by Crippen LogP contribution is 2.39. The predicted molar refractivity (Wildman–Crippen MR) is 121 cm³/mol. The fourth-order valence-electron chi connectivity index (χ4n) is 4.37. The van der Waals surface area contributed by atoms with E-state index in [1.807, 2.05) is 6.92 Å². The van der Waals surface area contributed by atoms with Crippen LogP contribution < -0.4 is 10.6 Å². The van der Waals surface area contributed by atoms with Crippen molar-refractivity contribution in [1.29, 1.82) is 0 Å². The van der Waals surface area contributed by atoms with Gasteiger partial charge >= 0.3 is 0 Å². The molecule has 2 saturated heterocycles. The lowest BCUT2D eigenvalue weighted by Gasteiger charge is -2.45. The van der Waals surface area contributed by atoms with Crippen LogP contribution in [0.4, 0.5) is 11.6 Å². The number of anilines is 2. The molecule has 4 N–H and O–H groups in total. The minimum Gasteiger partial charge on any atom is -0.387 e. The number of nitrogens with zero attached hydrogens (tertiary/aromatic N) is 2. The Morgan fingerprint density at radius 2 is 1.29 bits per heavy atom. The Hall–Kier alpha value is -1.48. The van der Waals surface area contributed by atoms with Crippen LogP contribution in [0.5, 0.6) is 0 Å². The van der Waals surface area contributed by atoms with Gasteiger partial charge in [-0.05, 0) is 32.6 Å². The van der Waals surface area contributed by atoms with Crippen molar-refractivity contribution in [2.24, 2.45) is 10.8 Å². The van der Waals surface area contributed by atoms with Crippen LogP contribution in [0.25, 0.3) is 0 Å². The first-order valence-electron chi connectivity index (χ1n) is 11.4. The smallest absolute Gasteiger partial charge is 0.134 e. The molecule has 8 nitrogen and oxygen atoms in total. The largest absolute Gasteiger partial charge is 0.387 e. The number of aromatic nitrogens is 2. The molecular formula is C23H40N4O4. The third-order valence-corrected chi connectivity index (χ3v) is 7.44. The van der Waals surface area contributed by atoms with Crippen molar-refractivity contribution in [1.82, 2.24) is 9.97 Å². The van der Waals surface area contributed by atoms with Gasteiger partial charge in [-0.25, -0.2) is 9.97 Å². The molecule has 31 heavy (non-hydrogen) atoms. The number of hydrogen-bond donors (Lipinski definition) is 4. The van der Waals surface area contributed by atoms with Gasteiger partial charge in [-0.3, -0.25) is 0 Å². The Morgan fingerprint density at radius 1 is 0.871 bits per heavy atom. The summed E-state index contributed by atoms with van der Waals surface area (Å²) in [6.07, 6.45) is 4.74. The summed E-state index contributed by atoms with van der Waals surface area (Å²) < 4.78 is 11.1. The molecule has 0 amide bonds. The molecule has 2 aliphatic heterocycles. The first-order valence-corrected chi connectivity index (χ1v) is 11.4. The lowest BCUT2D eigenvalue weighted by molar-refractivity contribution is -0.146. The topological polar surface area (TPSA) is 109 Å². The van der Waals surface area contributed by atoms with Crippen molar-refractivity contribution in [2.75, 3.05) is 50.2 Å². The first-order chi connectivity index (χ1) is 14.5. The molecule has 2 fully saturated rings. The minimum atomic E-state index is -0.859. The van der Waals surface area contributed by atoms with Gasteiger partial charge in [-0.1, -0.05) is 27.7 Å². The highest BCUT2D eigenvalue weighted by molar-refractivity contribution is 5.56.